The number of nitrogens with zero attached hydrogens (tertiary/aromatic N) is 1. The maximum absolute atomic E-state index is 13.0. The first-order chi connectivity index (χ1) is 13.6. The van der Waals surface area contributed by atoms with Gasteiger partial charge in [-0.05, 0) is 36.6 Å². The normalized spacial score (nSPS) is 11.5. The summed E-state index contributed by atoms with van der Waals surface area (Å²) in [6, 6.07) is 16.9. The number of nitrogens with one attached hydrogen (secondary N) is 1. The maximum Gasteiger partial charge on any atom is 0.243 e. The highest BCUT2D eigenvalue weighted by molar-refractivity contribution is 5.88. The van der Waals surface area contributed by atoms with Gasteiger partial charge in [0.2, 0.25) is 11.8 Å². The molecule has 0 aliphatic rings. The lowest BCUT2D eigenvalue weighted by Gasteiger charge is -2.31. The Balaban J connectivity index is 2.35. The quantitative estimate of drug-likeness (QED) is 0.683. The fourth-order valence-corrected chi connectivity index (χ4v) is 3.17. The summed E-state index contributed by atoms with van der Waals surface area (Å²) in [5, 5.41) is 2.89. The molecule has 0 aromatic heterocycles. The first kappa shape index (κ1) is 21.5. The van der Waals surface area contributed by atoms with Crippen LogP contribution in [0.2, 0.25) is 0 Å². The number of carbonyl (C=O) groups excluding carboxylic acids is 2. The van der Waals surface area contributed by atoms with E-state index in [1.165, 1.54) is 0 Å². The Morgan fingerprint density at radius 3 is 2.39 bits per heavy atom. The number of benzene rings is 2. The molecular weight excluding hydrogens is 352 g/mol. The molecule has 5 nitrogen and oxygen atoms in total. The Morgan fingerprint density at radius 1 is 1.04 bits per heavy atom. The molecule has 0 saturated carbocycles. The Morgan fingerprint density at radius 2 is 1.75 bits per heavy atom. The zero-order valence-electron chi connectivity index (χ0n) is 17.0. The highest BCUT2D eigenvalue weighted by Gasteiger charge is 2.29. The van der Waals surface area contributed by atoms with Crippen LogP contribution in [0.15, 0.2) is 54.6 Å². The zero-order chi connectivity index (χ0) is 20.4. The summed E-state index contributed by atoms with van der Waals surface area (Å²) in [6.07, 6.45) is 1.63. The average Bonchev–Trinajstić information content (AvgIpc) is 2.71. The fourth-order valence-electron chi connectivity index (χ4n) is 3.17. The summed E-state index contributed by atoms with van der Waals surface area (Å²) in [5.74, 6) is 0.592. The van der Waals surface area contributed by atoms with Crippen LogP contribution < -0.4 is 10.1 Å². The number of hydrogen-bond acceptors (Lipinski definition) is 3. The second-order valence-electron chi connectivity index (χ2n) is 6.72. The van der Waals surface area contributed by atoms with Crippen LogP contribution in [0.5, 0.6) is 5.75 Å². The van der Waals surface area contributed by atoms with Crippen LogP contribution in [-0.4, -0.2) is 36.4 Å². The van der Waals surface area contributed by atoms with E-state index in [0.29, 0.717) is 25.9 Å². The molecule has 28 heavy (non-hydrogen) atoms. The van der Waals surface area contributed by atoms with E-state index < -0.39 is 6.04 Å². The number of carbonyl (C=O) groups is 2. The fraction of sp³-hybridized carbons (Fsp3) is 0.391. The van der Waals surface area contributed by atoms with Crippen LogP contribution in [0.1, 0.15) is 37.8 Å². The third-order valence-electron chi connectivity index (χ3n) is 4.57. The van der Waals surface area contributed by atoms with E-state index in [1.54, 1.807) is 12.0 Å². The SMILES string of the molecule is CCCC(=O)N(Cc1cccc(OC)c1)C(Cc1ccccc1)C(=O)NCC. The predicted molar refractivity (Wildman–Crippen MR) is 111 cm³/mol. The summed E-state index contributed by atoms with van der Waals surface area (Å²) in [6.45, 7) is 4.75. The minimum absolute atomic E-state index is 0.0162. The van der Waals surface area contributed by atoms with Gasteiger partial charge in [0.25, 0.3) is 0 Å². The predicted octanol–water partition coefficient (Wildman–Crippen LogP) is 3.57. The van der Waals surface area contributed by atoms with E-state index in [-0.39, 0.29) is 11.8 Å². The van der Waals surface area contributed by atoms with Gasteiger partial charge in [-0.2, -0.15) is 0 Å². The Hall–Kier alpha value is -2.82. The molecule has 5 heteroatoms. The van der Waals surface area contributed by atoms with Crippen molar-refractivity contribution in [2.45, 2.75) is 45.7 Å². The van der Waals surface area contributed by atoms with E-state index >= 15 is 0 Å². The van der Waals surface area contributed by atoms with Gasteiger partial charge in [-0.3, -0.25) is 9.59 Å². The van der Waals surface area contributed by atoms with E-state index in [0.717, 1.165) is 23.3 Å². The third-order valence-corrected chi connectivity index (χ3v) is 4.57. The van der Waals surface area contributed by atoms with Crippen molar-refractivity contribution < 1.29 is 14.3 Å². The topological polar surface area (TPSA) is 58.6 Å². The number of likely N-dealkylation sites (N-methyl/N-ethyl adjacent to an activating group) is 1. The van der Waals surface area contributed by atoms with Crippen LogP contribution >= 0.6 is 0 Å². The van der Waals surface area contributed by atoms with Crippen LogP contribution in [0, 0.1) is 0 Å². The minimum Gasteiger partial charge on any atom is -0.497 e. The van der Waals surface area contributed by atoms with Crippen molar-refractivity contribution >= 4 is 11.8 Å². The Kier molecular flexibility index (Phi) is 8.53. The van der Waals surface area contributed by atoms with Gasteiger partial charge >= 0.3 is 0 Å². The van der Waals surface area contributed by atoms with E-state index in [1.807, 2.05) is 68.4 Å². The minimum atomic E-state index is -0.562. The maximum atomic E-state index is 13.0. The molecule has 0 fully saturated rings. The monoisotopic (exact) mass is 382 g/mol. The van der Waals surface area contributed by atoms with Crippen molar-refractivity contribution in [3.8, 4) is 5.75 Å². The molecule has 0 aliphatic heterocycles. The van der Waals surface area contributed by atoms with Crippen LogP contribution in [0.4, 0.5) is 0 Å². The van der Waals surface area contributed by atoms with Gasteiger partial charge in [-0.1, -0.05) is 49.4 Å². The molecule has 1 N–H and O–H groups in total. The number of methoxy groups -OCH3 is 1. The molecule has 150 valence electrons. The Labute approximate surface area is 167 Å². The Bertz CT molecular complexity index is 761. The van der Waals surface area contributed by atoms with Crippen LogP contribution in [0.25, 0.3) is 0 Å². The van der Waals surface area contributed by atoms with Gasteiger partial charge in [0, 0.05) is 25.9 Å². The van der Waals surface area contributed by atoms with Crippen LogP contribution in [0.3, 0.4) is 0 Å². The zero-order valence-corrected chi connectivity index (χ0v) is 17.0. The molecule has 1 unspecified atom stereocenters. The first-order valence-corrected chi connectivity index (χ1v) is 9.83. The smallest absolute Gasteiger partial charge is 0.243 e. The number of amides is 2. The molecule has 2 aromatic carbocycles. The van der Waals surface area contributed by atoms with E-state index in [9.17, 15) is 9.59 Å². The molecule has 0 radical (unpaired) electrons. The molecule has 2 rings (SSSR count). The first-order valence-electron chi connectivity index (χ1n) is 9.83. The average molecular weight is 383 g/mol. The van der Waals surface area contributed by atoms with Crippen LogP contribution in [-0.2, 0) is 22.6 Å². The lowest BCUT2D eigenvalue weighted by Crippen LogP contribution is -2.50. The van der Waals surface area contributed by atoms with Crippen molar-refractivity contribution in [2.24, 2.45) is 0 Å². The van der Waals surface area contributed by atoms with Gasteiger partial charge < -0.3 is 15.0 Å². The third kappa shape index (κ3) is 6.12. The van der Waals surface area contributed by atoms with Gasteiger partial charge in [0.15, 0.2) is 0 Å². The number of ether oxygens (including phenoxy) is 1. The lowest BCUT2D eigenvalue weighted by atomic mass is 10.0. The molecule has 0 saturated heterocycles. The van der Waals surface area contributed by atoms with Gasteiger partial charge in [0.1, 0.15) is 11.8 Å². The second-order valence-corrected chi connectivity index (χ2v) is 6.72. The van der Waals surface area contributed by atoms with Crippen molar-refractivity contribution in [3.05, 3.63) is 65.7 Å². The molecule has 0 bridgehead atoms. The summed E-state index contributed by atoms with van der Waals surface area (Å²) in [5.41, 5.74) is 1.96. The lowest BCUT2D eigenvalue weighted by molar-refractivity contribution is -0.141. The molecule has 0 heterocycles. The van der Waals surface area contributed by atoms with Gasteiger partial charge in [0.05, 0.1) is 7.11 Å². The molecule has 2 aromatic rings. The molecule has 0 aliphatic carbocycles. The summed E-state index contributed by atoms with van der Waals surface area (Å²) in [7, 11) is 1.62. The molecule has 0 spiro atoms. The second kappa shape index (κ2) is 11.1. The highest BCUT2D eigenvalue weighted by atomic mass is 16.5. The highest BCUT2D eigenvalue weighted by Crippen LogP contribution is 2.19. The molecule has 2 amide bonds. The van der Waals surface area contributed by atoms with Gasteiger partial charge in [-0.25, -0.2) is 0 Å². The largest absolute Gasteiger partial charge is 0.497 e. The van der Waals surface area contributed by atoms with Crippen molar-refractivity contribution in [1.82, 2.24) is 10.2 Å². The van der Waals surface area contributed by atoms with Gasteiger partial charge in [-0.15, -0.1) is 0 Å². The van der Waals surface area contributed by atoms with Crippen molar-refractivity contribution in [3.63, 3.8) is 0 Å². The van der Waals surface area contributed by atoms with Crippen molar-refractivity contribution in [2.75, 3.05) is 13.7 Å². The van der Waals surface area contributed by atoms with E-state index in [2.05, 4.69) is 5.32 Å². The summed E-state index contributed by atoms with van der Waals surface area (Å²) >= 11 is 0. The van der Waals surface area contributed by atoms with Crippen molar-refractivity contribution in [1.29, 1.82) is 0 Å². The molecule has 1 atom stereocenters. The summed E-state index contributed by atoms with van der Waals surface area (Å²) in [4.78, 5) is 27.5. The van der Waals surface area contributed by atoms with E-state index in [4.69, 9.17) is 4.74 Å². The molecular formula is C23H30N2O3. The standard InChI is InChI=1S/C23H30N2O3/c1-4-10-22(26)25(17-19-13-9-14-20(15-19)28-3)21(23(27)24-5-2)16-18-11-7-6-8-12-18/h6-9,11-15,21H,4-5,10,16-17H2,1-3H3,(H,24,27). The number of hydrogen-bond donors (Lipinski definition) is 1. The summed E-state index contributed by atoms with van der Waals surface area (Å²) < 4.78 is 5.30. The number of rotatable bonds is 10.